The van der Waals surface area contributed by atoms with Gasteiger partial charge in [0.2, 0.25) is 0 Å². The van der Waals surface area contributed by atoms with Crippen molar-refractivity contribution in [3.8, 4) is 0 Å². The topological polar surface area (TPSA) is 32.3 Å². The molecule has 1 aliphatic carbocycles. The lowest BCUT2D eigenvalue weighted by Gasteiger charge is -2.35. The Balaban J connectivity index is 2.19. The van der Waals surface area contributed by atoms with Crippen molar-refractivity contribution in [2.45, 2.75) is 78.9 Å². The van der Waals surface area contributed by atoms with Crippen molar-refractivity contribution in [1.29, 1.82) is 0 Å². The SMILES string of the molecule is CC(C)(C)CC(O)CNC1CCC(C)(C)CC1. The van der Waals surface area contributed by atoms with E-state index in [0.29, 0.717) is 11.5 Å². The van der Waals surface area contributed by atoms with Crippen LogP contribution in [-0.4, -0.2) is 23.8 Å². The molecule has 0 bridgehead atoms. The van der Waals surface area contributed by atoms with Crippen LogP contribution < -0.4 is 5.32 Å². The highest BCUT2D eigenvalue weighted by Gasteiger charge is 2.27. The van der Waals surface area contributed by atoms with Crippen molar-refractivity contribution in [1.82, 2.24) is 5.32 Å². The summed E-state index contributed by atoms with van der Waals surface area (Å²) in [6.45, 7) is 12.0. The van der Waals surface area contributed by atoms with E-state index in [4.69, 9.17) is 0 Å². The minimum absolute atomic E-state index is 0.204. The van der Waals surface area contributed by atoms with Crippen LogP contribution in [0.5, 0.6) is 0 Å². The molecule has 17 heavy (non-hydrogen) atoms. The number of hydrogen-bond donors (Lipinski definition) is 2. The molecule has 0 heterocycles. The standard InChI is InChI=1S/C15H31NO/c1-14(2,3)10-13(17)11-16-12-6-8-15(4,5)9-7-12/h12-13,16-17H,6-11H2,1-5H3. The Kier molecular flexibility index (Phi) is 5.03. The molecule has 0 aromatic heterocycles. The van der Waals surface area contributed by atoms with E-state index >= 15 is 0 Å². The van der Waals surface area contributed by atoms with Gasteiger partial charge in [-0.15, -0.1) is 0 Å². The molecule has 2 heteroatoms. The summed E-state index contributed by atoms with van der Waals surface area (Å²) in [6.07, 6.45) is 5.80. The van der Waals surface area contributed by atoms with Crippen molar-refractivity contribution >= 4 is 0 Å². The Morgan fingerprint density at radius 2 is 1.76 bits per heavy atom. The molecule has 1 saturated carbocycles. The van der Waals surface area contributed by atoms with Gasteiger partial charge >= 0.3 is 0 Å². The third-order valence-corrected chi connectivity index (χ3v) is 3.83. The van der Waals surface area contributed by atoms with Crippen LogP contribution in [0.1, 0.15) is 66.7 Å². The van der Waals surface area contributed by atoms with E-state index in [1.165, 1.54) is 25.7 Å². The van der Waals surface area contributed by atoms with Crippen LogP contribution in [0.3, 0.4) is 0 Å². The molecule has 1 fully saturated rings. The van der Waals surface area contributed by atoms with Gasteiger partial charge in [0.1, 0.15) is 0 Å². The number of nitrogens with one attached hydrogen (secondary N) is 1. The third-order valence-electron chi connectivity index (χ3n) is 3.83. The molecule has 2 N–H and O–H groups in total. The average Bonchev–Trinajstić information content (AvgIpc) is 2.13. The monoisotopic (exact) mass is 241 g/mol. The molecule has 102 valence electrons. The highest BCUT2D eigenvalue weighted by molar-refractivity contribution is 4.83. The molecule has 1 unspecified atom stereocenters. The largest absolute Gasteiger partial charge is 0.392 e. The molecule has 2 nitrogen and oxygen atoms in total. The van der Waals surface area contributed by atoms with E-state index in [1.54, 1.807) is 0 Å². The molecule has 0 aromatic rings. The Morgan fingerprint density at radius 3 is 2.24 bits per heavy atom. The van der Waals surface area contributed by atoms with E-state index in [2.05, 4.69) is 39.9 Å². The summed E-state index contributed by atoms with van der Waals surface area (Å²) < 4.78 is 0. The lowest BCUT2D eigenvalue weighted by atomic mass is 9.75. The first-order chi connectivity index (χ1) is 7.68. The summed E-state index contributed by atoms with van der Waals surface area (Å²) in [5.41, 5.74) is 0.748. The van der Waals surface area contributed by atoms with Gasteiger partial charge in [-0.25, -0.2) is 0 Å². The lowest BCUT2D eigenvalue weighted by molar-refractivity contribution is 0.110. The molecule has 1 atom stereocenters. The van der Waals surface area contributed by atoms with Gasteiger partial charge in [0.15, 0.2) is 0 Å². The summed E-state index contributed by atoms with van der Waals surface area (Å²) in [4.78, 5) is 0. The number of rotatable bonds is 4. The maximum Gasteiger partial charge on any atom is 0.0669 e. The van der Waals surface area contributed by atoms with Gasteiger partial charge in [-0.1, -0.05) is 34.6 Å². The Morgan fingerprint density at radius 1 is 1.24 bits per heavy atom. The molecule has 0 saturated heterocycles. The fourth-order valence-corrected chi connectivity index (χ4v) is 2.69. The Bertz CT molecular complexity index is 220. The summed E-state index contributed by atoms with van der Waals surface area (Å²) in [6, 6.07) is 0.623. The quantitative estimate of drug-likeness (QED) is 0.791. The van der Waals surface area contributed by atoms with Gasteiger partial charge in [-0.3, -0.25) is 0 Å². The van der Waals surface area contributed by atoms with Crippen LogP contribution in [0, 0.1) is 10.8 Å². The summed E-state index contributed by atoms with van der Waals surface area (Å²) in [5, 5.41) is 13.5. The van der Waals surface area contributed by atoms with Crippen LogP contribution in [-0.2, 0) is 0 Å². The van der Waals surface area contributed by atoms with Gasteiger partial charge < -0.3 is 10.4 Å². The zero-order chi connectivity index (χ0) is 13.1. The van der Waals surface area contributed by atoms with Gasteiger partial charge in [0, 0.05) is 12.6 Å². The Hall–Kier alpha value is -0.0800. The number of aliphatic hydroxyl groups excluding tert-OH is 1. The second-order valence-electron chi connectivity index (χ2n) is 7.77. The normalized spacial score (nSPS) is 23.6. The van der Waals surface area contributed by atoms with Gasteiger partial charge in [-0.05, 0) is 42.9 Å². The molecule has 0 aliphatic heterocycles. The van der Waals surface area contributed by atoms with Crippen LogP contribution in [0.4, 0.5) is 0 Å². The van der Waals surface area contributed by atoms with Crippen LogP contribution >= 0.6 is 0 Å². The van der Waals surface area contributed by atoms with Crippen LogP contribution in [0.15, 0.2) is 0 Å². The molecule has 0 aromatic carbocycles. The van der Waals surface area contributed by atoms with Crippen molar-refractivity contribution in [2.24, 2.45) is 10.8 Å². The number of aliphatic hydroxyl groups is 1. The van der Waals surface area contributed by atoms with E-state index in [9.17, 15) is 5.11 Å². The van der Waals surface area contributed by atoms with E-state index in [0.717, 1.165) is 13.0 Å². The second kappa shape index (κ2) is 5.71. The fraction of sp³-hybridized carbons (Fsp3) is 1.00. The highest BCUT2D eigenvalue weighted by Crippen LogP contribution is 2.35. The highest BCUT2D eigenvalue weighted by atomic mass is 16.3. The van der Waals surface area contributed by atoms with Gasteiger partial charge in [0.25, 0.3) is 0 Å². The summed E-state index contributed by atoms with van der Waals surface area (Å²) in [7, 11) is 0. The minimum atomic E-state index is -0.204. The molecular formula is C15H31NO. The molecule has 0 amide bonds. The molecular weight excluding hydrogens is 210 g/mol. The van der Waals surface area contributed by atoms with Crippen molar-refractivity contribution < 1.29 is 5.11 Å². The molecule has 1 rings (SSSR count). The first-order valence-corrected chi connectivity index (χ1v) is 7.09. The van der Waals surface area contributed by atoms with Crippen molar-refractivity contribution in [3.63, 3.8) is 0 Å². The van der Waals surface area contributed by atoms with Gasteiger partial charge in [-0.2, -0.15) is 0 Å². The van der Waals surface area contributed by atoms with Crippen molar-refractivity contribution in [2.75, 3.05) is 6.54 Å². The maximum absolute atomic E-state index is 9.96. The predicted octanol–water partition coefficient (Wildman–Crippen LogP) is 3.34. The van der Waals surface area contributed by atoms with Crippen LogP contribution in [0.25, 0.3) is 0 Å². The van der Waals surface area contributed by atoms with E-state index in [1.807, 2.05) is 0 Å². The Labute approximate surface area is 107 Å². The third kappa shape index (κ3) is 6.42. The second-order valence-corrected chi connectivity index (χ2v) is 7.77. The zero-order valence-electron chi connectivity index (χ0n) is 12.3. The maximum atomic E-state index is 9.96. The lowest BCUT2D eigenvalue weighted by Crippen LogP contribution is -2.40. The van der Waals surface area contributed by atoms with Crippen molar-refractivity contribution in [3.05, 3.63) is 0 Å². The zero-order valence-corrected chi connectivity index (χ0v) is 12.3. The molecule has 0 radical (unpaired) electrons. The minimum Gasteiger partial charge on any atom is -0.392 e. The predicted molar refractivity (Wildman–Crippen MR) is 74.1 cm³/mol. The smallest absolute Gasteiger partial charge is 0.0669 e. The molecule has 0 spiro atoms. The fourth-order valence-electron chi connectivity index (χ4n) is 2.69. The average molecular weight is 241 g/mol. The first-order valence-electron chi connectivity index (χ1n) is 7.09. The number of hydrogen-bond acceptors (Lipinski definition) is 2. The van der Waals surface area contributed by atoms with Gasteiger partial charge in [0.05, 0.1) is 6.10 Å². The van der Waals surface area contributed by atoms with E-state index < -0.39 is 0 Å². The first kappa shape index (κ1) is 15.0. The van der Waals surface area contributed by atoms with Crippen LogP contribution in [0.2, 0.25) is 0 Å². The molecule has 1 aliphatic rings. The summed E-state index contributed by atoms with van der Waals surface area (Å²) in [5.74, 6) is 0. The summed E-state index contributed by atoms with van der Waals surface area (Å²) >= 11 is 0. The van der Waals surface area contributed by atoms with E-state index in [-0.39, 0.29) is 11.5 Å².